The van der Waals surface area contributed by atoms with Crippen LogP contribution in [0.15, 0.2) is 86.1 Å². The summed E-state index contributed by atoms with van der Waals surface area (Å²) >= 11 is 0. The largest absolute Gasteiger partial charge is 0.497 e. The molecule has 13 heteroatoms. The SMILES string of the molecule is C=CC(=O)N[C@H](Cc1ccccc1)C(=O)N1C[C@H](Oc2nccc3cc(OC)ccc23)C[C@H]1C(=O)C[C@]1(C(=O)NS(=O)(=O)C2CC2)C[C@H]1C=C. The summed E-state index contributed by atoms with van der Waals surface area (Å²) in [6.07, 6.45) is 4.71. The highest BCUT2D eigenvalue weighted by Gasteiger charge is 2.61. The Balaban J connectivity index is 1.29. The van der Waals surface area contributed by atoms with E-state index in [0.717, 1.165) is 17.0 Å². The van der Waals surface area contributed by atoms with Gasteiger partial charge in [-0.15, -0.1) is 6.58 Å². The highest BCUT2D eigenvalue weighted by atomic mass is 32.2. The van der Waals surface area contributed by atoms with Gasteiger partial charge in [0.2, 0.25) is 33.6 Å². The van der Waals surface area contributed by atoms with Crippen molar-refractivity contribution in [3.05, 3.63) is 91.7 Å². The Kier molecular flexibility index (Phi) is 9.79. The maximum absolute atomic E-state index is 14.4. The molecule has 2 saturated carbocycles. The summed E-state index contributed by atoms with van der Waals surface area (Å²) in [6, 6.07) is 14.3. The predicted octanol–water partition coefficient (Wildman–Crippen LogP) is 3.27. The van der Waals surface area contributed by atoms with Crippen LogP contribution in [0.2, 0.25) is 0 Å². The number of methoxy groups -OCH3 is 1. The fourth-order valence-corrected chi connectivity index (χ4v) is 8.11. The number of ether oxygens (including phenoxy) is 2. The molecule has 2 N–H and O–H groups in total. The van der Waals surface area contributed by atoms with Gasteiger partial charge in [0.15, 0.2) is 5.78 Å². The van der Waals surface area contributed by atoms with Crippen molar-refractivity contribution in [1.82, 2.24) is 19.9 Å². The maximum Gasteiger partial charge on any atom is 0.246 e. The van der Waals surface area contributed by atoms with E-state index >= 15 is 0 Å². The van der Waals surface area contributed by atoms with Gasteiger partial charge in [-0.3, -0.25) is 23.9 Å². The second-order valence-electron chi connectivity index (χ2n) is 13.2. The van der Waals surface area contributed by atoms with Crippen LogP contribution < -0.4 is 19.5 Å². The fourth-order valence-electron chi connectivity index (χ4n) is 6.73. The van der Waals surface area contributed by atoms with Crippen molar-refractivity contribution >= 4 is 44.3 Å². The first-order valence-corrected chi connectivity index (χ1v) is 18.1. The monoisotopic (exact) mass is 700 g/mol. The van der Waals surface area contributed by atoms with Crippen molar-refractivity contribution in [2.45, 2.75) is 62.0 Å². The smallest absolute Gasteiger partial charge is 0.246 e. The van der Waals surface area contributed by atoms with Gasteiger partial charge in [-0.1, -0.05) is 43.0 Å². The Labute approximate surface area is 291 Å². The van der Waals surface area contributed by atoms with Crippen LogP contribution in [0.5, 0.6) is 11.6 Å². The van der Waals surface area contributed by atoms with Crippen molar-refractivity contribution in [2.75, 3.05) is 13.7 Å². The van der Waals surface area contributed by atoms with Crippen LogP contribution in [-0.4, -0.2) is 78.9 Å². The van der Waals surface area contributed by atoms with Gasteiger partial charge in [-0.25, -0.2) is 13.4 Å². The molecule has 3 aromatic rings. The molecule has 0 unspecified atom stereocenters. The number of carbonyl (C=O) groups is 4. The van der Waals surface area contributed by atoms with Crippen LogP contribution in [0.1, 0.15) is 37.7 Å². The minimum atomic E-state index is -3.85. The zero-order valence-electron chi connectivity index (χ0n) is 27.7. The average Bonchev–Trinajstić information content (AvgIpc) is 4.04. The summed E-state index contributed by atoms with van der Waals surface area (Å²) in [5.74, 6) is -1.65. The first kappa shape index (κ1) is 34.8. The van der Waals surface area contributed by atoms with Crippen LogP contribution in [-0.2, 0) is 35.6 Å². The molecule has 1 saturated heterocycles. The summed E-state index contributed by atoms with van der Waals surface area (Å²) in [5.41, 5.74) is -0.509. The third-order valence-electron chi connectivity index (χ3n) is 9.77. The van der Waals surface area contributed by atoms with Crippen LogP contribution in [0.25, 0.3) is 10.8 Å². The Hall–Kier alpha value is -5.04. The third-order valence-corrected chi connectivity index (χ3v) is 11.6. The van der Waals surface area contributed by atoms with Gasteiger partial charge in [0.25, 0.3) is 0 Å². The molecule has 5 atom stereocenters. The molecule has 3 aliphatic rings. The van der Waals surface area contributed by atoms with Crippen molar-refractivity contribution in [3.63, 3.8) is 0 Å². The molecular formula is C37H40N4O8S. The Morgan fingerprint density at radius 2 is 1.86 bits per heavy atom. The Morgan fingerprint density at radius 1 is 1.10 bits per heavy atom. The van der Waals surface area contributed by atoms with E-state index in [9.17, 15) is 27.6 Å². The summed E-state index contributed by atoms with van der Waals surface area (Å²) in [6.45, 7) is 7.32. The molecule has 1 aromatic heterocycles. The maximum atomic E-state index is 14.4. The van der Waals surface area contributed by atoms with Crippen LogP contribution in [0.3, 0.4) is 0 Å². The normalized spacial score (nSPS) is 23.4. The van der Waals surface area contributed by atoms with Crippen molar-refractivity contribution in [2.24, 2.45) is 11.3 Å². The van der Waals surface area contributed by atoms with Gasteiger partial charge in [0.05, 0.1) is 30.4 Å². The number of hydrogen-bond donors (Lipinski definition) is 2. The van der Waals surface area contributed by atoms with Gasteiger partial charge in [0.1, 0.15) is 17.9 Å². The van der Waals surface area contributed by atoms with E-state index in [2.05, 4.69) is 28.2 Å². The second-order valence-corrected chi connectivity index (χ2v) is 15.1. The van der Waals surface area contributed by atoms with Gasteiger partial charge < -0.3 is 19.7 Å². The molecule has 2 aliphatic carbocycles. The highest BCUT2D eigenvalue weighted by molar-refractivity contribution is 7.90. The number of Topliss-reactive ketones (excluding diaryl/α,β-unsaturated/α-hetero) is 1. The predicted molar refractivity (Wildman–Crippen MR) is 186 cm³/mol. The summed E-state index contributed by atoms with van der Waals surface area (Å²) in [7, 11) is -2.28. The lowest BCUT2D eigenvalue weighted by molar-refractivity contribution is -0.141. The van der Waals surface area contributed by atoms with E-state index in [0.29, 0.717) is 29.9 Å². The molecule has 2 aromatic carbocycles. The second kappa shape index (κ2) is 14.1. The summed E-state index contributed by atoms with van der Waals surface area (Å²) < 4.78 is 39.3. The molecule has 0 bridgehead atoms. The zero-order chi connectivity index (χ0) is 35.6. The number of nitrogens with one attached hydrogen (secondary N) is 2. The van der Waals surface area contributed by atoms with Gasteiger partial charge >= 0.3 is 0 Å². The lowest BCUT2D eigenvalue weighted by Crippen LogP contribution is -2.53. The van der Waals surface area contributed by atoms with E-state index in [-0.39, 0.29) is 32.2 Å². The lowest BCUT2D eigenvalue weighted by atomic mass is 9.91. The van der Waals surface area contributed by atoms with Crippen molar-refractivity contribution in [1.29, 1.82) is 0 Å². The van der Waals surface area contributed by atoms with Gasteiger partial charge in [0, 0.05) is 30.8 Å². The molecule has 262 valence electrons. The van der Waals surface area contributed by atoms with E-state index in [4.69, 9.17) is 9.47 Å². The first-order chi connectivity index (χ1) is 24.0. The molecule has 3 amide bonds. The van der Waals surface area contributed by atoms with Gasteiger partial charge in [-0.05, 0) is 66.5 Å². The fraction of sp³-hybridized carbons (Fsp3) is 0.378. The summed E-state index contributed by atoms with van der Waals surface area (Å²) in [5, 5.41) is 3.64. The number of nitrogens with zero attached hydrogens (tertiary/aromatic N) is 2. The van der Waals surface area contributed by atoms with E-state index < -0.39 is 68.3 Å². The average molecular weight is 701 g/mol. The van der Waals surface area contributed by atoms with Crippen molar-refractivity contribution in [3.8, 4) is 11.6 Å². The number of amides is 3. The number of ketones is 1. The Morgan fingerprint density at radius 3 is 2.52 bits per heavy atom. The standard InChI is InChI=1S/C37H40N4O8S/c1-4-25-20-37(25,36(45)40-50(46,47)28-12-13-28)21-32(42)31-19-27(49-34-29-14-11-26(48-3)18-24(29)15-16-38-34)22-41(31)35(44)30(39-33(43)5-2)17-23-9-7-6-8-10-23/h4-11,14-16,18,25,27-28,30-31H,1-2,12-13,17,19-22H2,3H3,(H,39,43)(H,40,45)/t25-,27-,30-,31+,37-/m1/s1. The van der Waals surface area contributed by atoms with E-state index in [1.54, 1.807) is 25.4 Å². The minimum absolute atomic E-state index is 0.00114. The van der Waals surface area contributed by atoms with Crippen LogP contribution in [0, 0.1) is 11.3 Å². The number of sulfonamides is 1. The molecule has 1 aliphatic heterocycles. The van der Waals surface area contributed by atoms with Crippen molar-refractivity contribution < 1.29 is 37.1 Å². The van der Waals surface area contributed by atoms with Crippen LogP contribution >= 0.6 is 0 Å². The Bertz CT molecular complexity index is 1950. The molecule has 0 spiro atoms. The number of fused-ring (bicyclic) bond motifs is 1. The minimum Gasteiger partial charge on any atom is -0.497 e. The molecule has 50 heavy (non-hydrogen) atoms. The number of benzene rings is 2. The molecular weight excluding hydrogens is 660 g/mol. The molecule has 12 nitrogen and oxygen atoms in total. The number of aromatic nitrogens is 1. The molecule has 0 radical (unpaired) electrons. The number of pyridine rings is 1. The van der Waals surface area contributed by atoms with E-state index in [1.807, 2.05) is 48.5 Å². The lowest BCUT2D eigenvalue weighted by Gasteiger charge is -2.29. The zero-order valence-corrected chi connectivity index (χ0v) is 28.6. The molecule has 6 rings (SSSR count). The number of allylic oxidation sites excluding steroid dienone is 1. The number of likely N-dealkylation sites (tertiary alicyclic amines) is 1. The molecule has 2 heterocycles. The highest BCUT2D eigenvalue weighted by Crippen LogP contribution is 2.57. The topological polar surface area (TPSA) is 161 Å². The van der Waals surface area contributed by atoms with Crippen LogP contribution in [0.4, 0.5) is 0 Å². The number of carbonyl (C=O) groups excluding carboxylic acids is 4. The molecule has 3 fully saturated rings. The number of rotatable bonds is 15. The van der Waals surface area contributed by atoms with Gasteiger partial charge in [-0.2, -0.15) is 0 Å². The first-order valence-electron chi connectivity index (χ1n) is 16.6. The van der Waals surface area contributed by atoms with E-state index in [1.165, 1.54) is 4.90 Å². The quantitative estimate of drug-likeness (QED) is 0.179. The summed E-state index contributed by atoms with van der Waals surface area (Å²) in [4.78, 5) is 60.5. The number of hydrogen-bond acceptors (Lipinski definition) is 9. The third kappa shape index (κ3) is 7.28.